The number of hydrazone groups is 1. The van der Waals surface area contributed by atoms with E-state index in [1.54, 1.807) is 18.3 Å². The predicted octanol–water partition coefficient (Wildman–Crippen LogP) is 2.84. The number of amides is 1. The molecule has 0 saturated heterocycles. The van der Waals surface area contributed by atoms with Crippen molar-refractivity contribution in [3.63, 3.8) is 0 Å². The summed E-state index contributed by atoms with van der Waals surface area (Å²) in [6, 6.07) is 22.7. The first-order chi connectivity index (χ1) is 13.8. The molecule has 2 aromatic heterocycles. The van der Waals surface area contributed by atoms with Crippen LogP contribution < -0.4 is 5.43 Å². The number of hydrogen-bond donors (Lipinski definition) is 1. The van der Waals surface area contributed by atoms with E-state index >= 15 is 0 Å². The molecule has 7 nitrogen and oxygen atoms in total. The average molecular weight is 368 g/mol. The van der Waals surface area contributed by atoms with Crippen molar-refractivity contribution < 1.29 is 4.79 Å². The molecule has 0 atom stereocenters. The number of pyridine rings is 1. The van der Waals surface area contributed by atoms with Gasteiger partial charge >= 0.3 is 0 Å². The third-order valence-corrected chi connectivity index (χ3v) is 4.02. The smallest absolute Gasteiger partial charge is 0.267 e. The molecule has 28 heavy (non-hydrogen) atoms. The van der Waals surface area contributed by atoms with Crippen molar-refractivity contribution in [3.05, 3.63) is 108 Å². The number of carbonyl (C=O) groups is 1. The Morgan fingerprint density at radius 2 is 1.57 bits per heavy atom. The van der Waals surface area contributed by atoms with Gasteiger partial charge in [-0.25, -0.2) is 20.1 Å². The maximum absolute atomic E-state index is 12.6. The lowest BCUT2D eigenvalue weighted by molar-refractivity contribution is 0.0954. The van der Waals surface area contributed by atoms with Gasteiger partial charge in [0.15, 0.2) is 5.82 Å². The average Bonchev–Trinajstić information content (AvgIpc) is 3.30. The van der Waals surface area contributed by atoms with E-state index < -0.39 is 0 Å². The number of hydrogen-bond acceptors (Lipinski definition) is 5. The van der Waals surface area contributed by atoms with E-state index in [-0.39, 0.29) is 5.91 Å². The maximum Gasteiger partial charge on any atom is 0.271 e. The summed E-state index contributed by atoms with van der Waals surface area (Å²) in [6.07, 6.45) is 4.47. The highest BCUT2D eigenvalue weighted by molar-refractivity contribution is 6.13. The molecule has 0 spiro atoms. The van der Waals surface area contributed by atoms with Gasteiger partial charge in [0.25, 0.3) is 5.91 Å². The van der Waals surface area contributed by atoms with Crippen molar-refractivity contribution in [2.75, 3.05) is 0 Å². The van der Waals surface area contributed by atoms with E-state index in [0.717, 1.165) is 11.1 Å². The van der Waals surface area contributed by atoms with Gasteiger partial charge in [-0.05, 0) is 12.1 Å². The molecule has 2 heterocycles. The minimum Gasteiger partial charge on any atom is -0.267 e. The molecular formula is C21H16N6O. The van der Waals surface area contributed by atoms with Gasteiger partial charge in [0, 0.05) is 22.9 Å². The predicted molar refractivity (Wildman–Crippen MR) is 105 cm³/mol. The lowest BCUT2D eigenvalue weighted by Gasteiger charge is -2.08. The van der Waals surface area contributed by atoms with Gasteiger partial charge in [0.05, 0.1) is 5.71 Å². The zero-order valence-electron chi connectivity index (χ0n) is 14.8. The standard InChI is InChI=1S/C21H16N6O/c28-21(18-11-12-23-19(13-18)27-15-22-14-24-27)26-25-20(16-7-3-1-4-8-16)17-9-5-2-6-10-17/h1-15H,(H,26,28). The van der Waals surface area contributed by atoms with Crippen molar-refractivity contribution in [1.29, 1.82) is 0 Å². The first-order valence-electron chi connectivity index (χ1n) is 8.61. The molecular weight excluding hydrogens is 352 g/mol. The van der Waals surface area contributed by atoms with Crippen LogP contribution in [0.15, 0.2) is 96.7 Å². The molecule has 0 saturated carbocycles. The molecule has 0 bridgehead atoms. The quantitative estimate of drug-likeness (QED) is 0.434. The Morgan fingerprint density at radius 1 is 0.893 bits per heavy atom. The summed E-state index contributed by atoms with van der Waals surface area (Å²) in [5, 5.41) is 8.42. The number of carbonyl (C=O) groups excluding carboxylic acids is 1. The van der Waals surface area contributed by atoms with E-state index in [2.05, 4.69) is 25.6 Å². The summed E-state index contributed by atoms with van der Waals surface area (Å²) in [6.45, 7) is 0. The molecule has 4 rings (SSSR count). The van der Waals surface area contributed by atoms with Crippen molar-refractivity contribution >= 4 is 11.6 Å². The van der Waals surface area contributed by atoms with Gasteiger partial charge in [-0.1, -0.05) is 60.7 Å². The normalized spacial score (nSPS) is 10.3. The molecule has 0 aliphatic rings. The summed E-state index contributed by atoms with van der Waals surface area (Å²) in [5.74, 6) is 0.161. The summed E-state index contributed by atoms with van der Waals surface area (Å²) in [7, 11) is 0. The summed E-state index contributed by atoms with van der Waals surface area (Å²) in [5.41, 5.74) is 5.56. The Labute approximate surface area is 161 Å². The van der Waals surface area contributed by atoms with Gasteiger partial charge in [-0.3, -0.25) is 4.79 Å². The van der Waals surface area contributed by atoms with E-state index in [1.165, 1.54) is 17.3 Å². The maximum atomic E-state index is 12.6. The van der Waals surface area contributed by atoms with Crippen LogP contribution in [0.3, 0.4) is 0 Å². The van der Waals surface area contributed by atoms with Crippen LogP contribution in [-0.4, -0.2) is 31.4 Å². The number of benzene rings is 2. The fraction of sp³-hybridized carbons (Fsp3) is 0. The lowest BCUT2D eigenvalue weighted by atomic mass is 10.0. The van der Waals surface area contributed by atoms with Gasteiger partial charge in [-0.2, -0.15) is 10.2 Å². The molecule has 0 unspecified atom stereocenters. The highest BCUT2D eigenvalue weighted by Gasteiger charge is 2.10. The minimum atomic E-state index is -0.340. The fourth-order valence-electron chi connectivity index (χ4n) is 2.67. The van der Waals surface area contributed by atoms with Crippen LogP contribution in [0, 0.1) is 0 Å². The van der Waals surface area contributed by atoms with Crippen LogP contribution >= 0.6 is 0 Å². The fourth-order valence-corrected chi connectivity index (χ4v) is 2.67. The molecule has 0 aliphatic heterocycles. The summed E-state index contributed by atoms with van der Waals surface area (Å²) in [4.78, 5) is 20.7. The third kappa shape index (κ3) is 3.83. The van der Waals surface area contributed by atoms with Crippen molar-refractivity contribution in [2.24, 2.45) is 5.10 Å². The van der Waals surface area contributed by atoms with Crippen LogP contribution in [0.4, 0.5) is 0 Å². The molecule has 4 aromatic rings. The van der Waals surface area contributed by atoms with E-state index in [4.69, 9.17) is 0 Å². The number of nitrogens with zero attached hydrogens (tertiary/aromatic N) is 5. The van der Waals surface area contributed by atoms with Gasteiger partial charge < -0.3 is 0 Å². The van der Waals surface area contributed by atoms with Gasteiger partial charge in [-0.15, -0.1) is 0 Å². The Hall–Kier alpha value is -4.13. The Bertz CT molecular complexity index is 1050. The molecule has 7 heteroatoms. The Morgan fingerprint density at radius 3 is 2.18 bits per heavy atom. The lowest BCUT2D eigenvalue weighted by Crippen LogP contribution is -2.21. The van der Waals surface area contributed by atoms with Crippen LogP contribution in [0.1, 0.15) is 21.5 Å². The van der Waals surface area contributed by atoms with Gasteiger partial charge in [0.2, 0.25) is 0 Å². The first kappa shape index (κ1) is 17.3. The highest BCUT2D eigenvalue weighted by atomic mass is 16.2. The largest absolute Gasteiger partial charge is 0.271 e. The van der Waals surface area contributed by atoms with E-state index in [1.807, 2.05) is 60.7 Å². The number of rotatable bonds is 5. The molecule has 0 radical (unpaired) electrons. The zero-order chi connectivity index (χ0) is 19.2. The second-order valence-electron chi connectivity index (χ2n) is 5.88. The molecule has 1 amide bonds. The Balaban J connectivity index is 1.62. The van der Waals surface area contributed by atoms with Crippen LogP contribution in [0.2, 0.25) is 0 Å². The summed E-state index contributed by atoms with van der Waals surface area (Å²) >= 11 is 0. The zero-order valence-corrected chi connectivity index (χ0v) is 14.8. The van der Waals surface area contributed by atoms with Crippen LogP contribution in [0.5, 0.6) is 0 Å². The number of aromatic nitrogens is 4. The summed E-state index contributed by atoms with van der Waals surface area (Å²) < 4.78 is 1.49. The first-order valence-corrected chi connectivity index (χ1v) is 8.61. The SMILES string of the molecule is O=C(NN=C(c1ccccc1)c1ccccc1)c1ccnc(-n2cncn2)c1. The molecule has 0 fully saturated rings. The Kier molecular flexibility index (Phi) is 4.97. The number of nitrogens with one attached hydrogen (secondary N) is 1. The van der Waals surface area contributed by atoms with Crippen molar-refractivity contribution in [1.82, 2.24) is 25.2 Å². The molecule has 0 aliphatic carbocycles. The third-order valence-electron chi connectivity index (χ3n) is 4.02. The molecule has 1 N–H and O–H groups in total. The molecule has 2 aromatic carbocycles. The monoisotopic (exact) mass is 368 g/mol. The second-order valence-corrected chi connectivity index (χ2v) is 5.88. The van der Waals surface area contributed by atoms with Crippen molar-refractivity contribution in [3.8, 4) is 5.82 Å². The van der Waals surface area contributed by atoms with Crippen LogP contribution in [-0.2, 0) is 0 Å². The topological polar surface area (TPSA) is 85.1 Å². The molecule has 136 valence electrons. The van der Waals surface area contributed by atoms with E-state index in [0.29, 0.717) is 17.1 Å². The van der Waals surface area contributed by atoms with Gasteiger partial charge in [0.1, 0.15) is 12.7 Å². The minimum absolute atomic E-state index is 0.340. The van der Waals surface area contributed by atoms with E-state index in [9.17, 15) is 4.79 Å². The van der Waals surface area contributed by atoms with Crippen molar-refractivity contribution in [2.45, 2.75) is 0 Å². The second kappa shape index (κ2) is 8.05. The van der Waals surface area contributed by atoms with Crippen LogP contribution in [0.25, 0.3) is 5.82 Å². The highest BCUT2D eigenvalue weighted by Crippen LogP contribution is 2.11.